The maximum atomic E-state index is 12.5. The largest absolute Gasteiger partial charge is 0.493 e. The Morgan fingerprint density at radius 3 is 2.45 bits per heavy atom. The molecule has 0 radical (unpaired) electrons. The molecule has 3 aromatic carbocycles. The Balaban J connectivity index is 1.26. The topological polar surface area (TPSA) is 50.8 Å². The van der Waals surface area contributed by atoms with E-state index in [1.807, 2.05) is 54.6 Å². The summed E-state index contributed by atoms with van der Waals surface area (Å²) in [7, 11) is 1.65. The normalized spacial score (nSPS) is 14.6. The van der Waals surface area contributed by atoms with Crippen molar-refractivity contribution < 1.29 is 14.3 Å². The van der Waals surface area contributed by atoms with Crippen molar-refractivity contribution >= 4 is 5.91 Å². The SMILES string of the molecule is COc1ccccc1Oc1cccc(CN2CCC(NC(=O)Cc3ccccc3C)CC2)c1. The predicted octanol–water partition coefficient (Wildman–Crippen LogP) is 5.12. The first-order valence-electron chi connectivity index (χ1n) is 11.6. The number of carbonyl (C=O) groups excluding carboxylic acids is 1. The lowest BCUT2D eigenvalue weighted by molar-refractivity contribution is -0.121. The Morgan fingerprint density at radius 1 is 0.970 bits per heavy atom. The van der Waals surface area contributed by atoms with Gasteiger partial charge in [-0.15, -0.1) is 0 Å². The summed E-state index contributed by atoms with van der Waals surface area (Å²) in [6.07, 6.45) is 2.39. The smallest absolute Gasteiger partial charge is 0.224 e. The van der Waals surface area contributed by atoms with Crippen LogP contribution in [-0.2, 0) is 17.8 Å². The molecule has 1 amide bonds. The van der Waals surface area contributed by atoms with Crippen molar-refractivity contribution in [2.45, 2.75) is 38.8 Å². The number of carbonyl (C=O) groups is 1. The van der Waals surface area contributed by atoms with E-state index in [-0.39, 0.29) is 11.9 Å². The molecule has 0 spiro atoms. The number of benzene rings is 3. The van der Waals surface area contributed by atoms with Gasteiger partial charge in [0, 0.05) is 25.7 Å². The molecule has 33 heavy (non-hydrogen) atoms. The Labute approximate surface area is 196 Å². The number of hydrogen-bond donors (Lipinski definition) is 1. The number of methoxy groups -OCH3 is 1. The minimum absolute atomic E-state index is 0.115. The predicted molar refractivity (Wildman–Crippen MR) is 131 cm³/mol. The first kappa shape index (κ1) is 22.9. The Morgan fingerprint density at radius 2 is 1.70 bits per heavy atom. The number of rotatable bonds is 8. The van der Waals surface area contributed by atoms with Gasteiger partial charge in [-0.1, -0.05) is 48.5 Å². The van der Waals surface area contributed by atoms with E-state index >= 15 is 0 Å². The molecule has 1 aliphatic heterocycles. The van der Waals surface area contributed by atoms with Gasteiger partial charge < -0.3 is 14.8 Å². The average molecular weight is 445 g/mol. The number of para-hydroxylation sites is 2. The van der Waals surface area contributed by atoms with E-state index in [1.54, 1.807) is 7.11 Å². The third-order valence-electron chi connectivity index (χ3n) is 6.17. The Hall–Kier alpha value is -3.31. The summed E-state index contributed by atoms with van der Waals surface area (Å²) < 4.78 is 11.4. The van der Waals surface area contributed by atoms with Crippen molar-refractivity contribution in [2.24, 2.45) is 0 Å². The van der Waals surface area contributed by atoms with Crippen LogP contribution in [0.25, 0.3) is 0 Å². The van der Waals surface area contributed by atoms with Crippen LogP contribution in [-0.4, -0.2) is 37.0 Å². The van der Waals surface area contributed by atoms with Gasteiger partial charge >= 0.3 is 0 Å². The molecule has 5 nitrogen and oxygen atoms in total. The maximum absolute atomic E-state index is 12.5. The van der Waals surface area contributed by atoms with Crippen LogP contribution in [0.15, 0.2) is 72.8 Å². The first-order valence-corrected chi connectivity index (χ1v) is 11.6. The molecular weight excluding hydrogens is 412 g/mol. The summed E-state index contributed by atoms with van der Waals surface area (Å²) in [4.78, 5) is 14.9. The lowest BCUT2D eigenvalue weighted by Gasteiger charge is -2.32. The number of amides is 1. The van der Waals surface area contributed by atoms with Crippen LogP contribution >= 0.6 is 0 Å². The summed E-state index contributed by atoms with van der Waals surface area (Å²) in [5.74, 6) is 2.34. The van der Waals surface area contributed by atoms with Crippen LogP contribution in [0.2, 0.25) is 0 Å². The van der Waals surface area contributed by atoms with E-state index in [0.29, 0.717) is 12.2 Å². The number of nitrogens with zero attached hydrogens (tertiary/aromatic N) is 1. The van der Waals surface area contributed by atoms with Gasteiger partial charge in [-0.05, 0) is 60.7 Å². The molecule has 1 saturated heterocycles. The van der Waals surface area contributed by atoms with Crippen LogP contribution < -0.4 is 14.8 Å². The lowest BCUT2D eigenvalue weighted by Crippen LogP contribution is -2.44. The minimum atomic E-state index is 0.115. The standard InChI is InChI=1S/C28H32N2O3/c1-21-8-3-4-10-23(21)19-28(31)29-24-14-16-30(17-15-24)20-22-9-7-11-25(18-22)33-27-13-6-5-12-26(27)32-2/h3-13,18,24H,14-17,19-20H2,1-2H3,(H,29,31). The van der Waals surface area contributed by atoms with Crippen molar-refractivity contribution in [3.63, 3.8) is 0 Å². The second-order valence-corrected chi connectivity index (χ2v) is 8.62. The highest BCUT2D eigenvalue weighted by atomic mass is 16.5. The molecule has 1 fully saturated rings. The van der Waals surface area contributed by atoms with Crippen LogP contribution in [0, 0.1) is 6.92 Å². The summed E-state index contributed by atoms with van der Waals surface area (Å²) in [5.41, 5.74) is 3.48. The van der Waals surface area contributed by atoms with Crippen LogP contribution in [0.1, 0.15) is 29.5 Å². The highest BCUT2D eigenvalue weighted by Crippen LogP contribution is 2.31. The molecule has 0 aliphatic carbocycles. The number of aryl methyl sites for hydroxylation is 1. The number of hydrogen-bond acceptors (Lipinski definition) is 4. The molecular formula is C28H32N2O3. The van der Waals surface area contributed by atoms with E-state index in [1.165, 1.54) is 11.1 Å². The van der Waals surface area contributed by atoms with Crippen LogP contribution in [0.3, 0.4) is 0 Å². The van der Waals surface area contributed by atoms with E-state index in [9.17, 15) is 4.79 Å². The highest BCUT2D eigenvalue weighted by Gasteiger charge is 2.21. The molecule has 5 heteroatoms. The van der Waals surface area contributed by atoms with Crippen molar-refractivity contribution in [3.8, 4) is 17.2 Å². The van der Waals surface area contributed by atoms with Crippen LogP contribution in [0.4, 0.5) is 0 Å². The fourth-order valence-electron chi connectivity index (χ4n) is 4.29. The van der Waals surface area contributed by atoms with Gasteiger partial charge in [-0.3, -0.25) is 9.69 Å². The average Bonchev–Trinajstić information content (AvgIpc) is 2.82. The van der Waals surface area contributed by atoms with E-state index in [2.05, 4.69) is 35.3 Å². The van der Waals surface area contributed by atoms with Gasteiger partial charge in [0.1, 0.15) is 5.75 Å². The van der Waals surface area contributed by atoms with Gasteiger partial charge in [0.05, 0.1) is 13.5 Å². The highest BCUT2D eigenvalue weighted by molar-refractivity contribution is 5.79. The van der Waals surface area contributed by atoms with Crippen molar-refractivity contribution in [2.75, 3.05) is 20.2 Å². The molecule has 0 atom stereocenters. The van der Waals surface area contributed by atoms with E-state index in [4.69, 9.17) is 9.47 Å². The van der Waals surface area contributed by atoms with Crippen molar-refractivity contribution in [1.29, 1.82) is 0 Å². The number of ether oxygens (including phenoxy) is 2. The van der Waals surface area contributed by atoms with Gasteiger partial charge in [0.25, 0.3) is 0 Å². The molecule has 1 aliphatic rings. The fourth-order valence-corrected chi connectivity index (χ4v) is 4.29. The quantitative estimate of drug-likeness (QED) is 0.524. The Kier molecular flexibility index (Phi) is 7.63. The van der Waals surface area contributed by atoms with E-state index in [0.717, 1.165) is 49.5 Å². The number of likely N-dealkylation sites (tertiary alicyclic amines) is 1. The molecule has 0 unspecified atom stereocenters. The summed E-state index contributed by atoms with van der Waals surface area (Å²) in [5, 5.41) is 3.23. The zero-order valence-electron chi connectivity index (χ0n) is 19.4. The van der Waals surface area contributed by atoms with Gasteiger partial charge in [0.15, 0.2) is 11.5 Å². The molecule has 0 bridgehead atoms. The fraction of sp³-hybridized carbons (Fsp3) is 0.321. The zero-order chi connectivity index (χ0) is 23.0. The zero-order valence-corrected chi connectivity index (χ0v) is 19.4. The molecule has 0 aromatic heterocycles. The minimum Gasteiger partial charge on any atom is -0.493 e. The molecule has 1 heterocycles. The van der Waals surface area contributed by atoms with Crippen molar-refractivity contribution in [3.05, 3.63) is 89.5 Å². The van der Waals surface area contributed by atoms with Crippen molar-refractivity contribution in [1.82, 2.24) is 10.2 Å². The second kappa shape index (κ2) is 11.0. The van der Waals surface area contributed by atoms with E-state index < -0.39 is 0 Å². The molecule has 1 N–H and O–H groups in total. The molecule has 4 rings (SSSR count). The maximum Gasteiger partial charge on any atom is 0.224 e. The summed E-state index contributed by atoms with van der Waals surface area (Å²) >= 11 is 0. The molecule has 3 aromatic rings. The summed E-state index contributed by atoms with van der Waals surface area (Å²) in [6.45, 7) is 4.85. The van der Waals surface area contributed by atoms with Gasteiger partial charge in [-0.2, -0.15) is 0 Å². The third kappa shape index (κ3) is 6.36. The first-order chi connectivity index (χ1) is 16.1. The monoisotopic (exact) mass is 444 g/mol. The van der Waals surface area contributed by atoms with Gasteiger partial charge in [0.2, 0.25) is 5.91 Å². The number of nitrogens with one attached hydrogen (secondary N) is 1. The van der Waals surface area contributed by atoms with Gasteiger partial charge in [-0.25, -0.2) is 0 Å². The number of piperidine rings is 1. The molecule has 172 valence electrons. The lowest BCUT2D eigenvalue weighted by atomic mass is 10.0. The molecule has 0 saturated carbocycles. The third-order valence-corrected chi connectivity index (χ3v) is 6.17. The van der Waals surface area contributed by atoms with Crippen LogP contribution in [0.5, 0.6) is 17.2 Å². The second-order valence-electron chi connectivity index (χ2n) is 8.62. The summed E-state index contributed by atoms with van der Waals surface area (Å²) in [6, 6.07) is 24.2. The Bertz CT molecular complexity index is 1070.